The van der Waals surface area contributed by atoms with E-state index >= 15 is 0 Å². The Labute approximate surface area is 157 Å². The number of benzene rings is 2. The second-order valence-corrected chi connectivity index (χ2v) is 6.48. The van der Waals surface area contributed by atoms with E-state index in [4.69, 9.17) is 0 Å². The highest BCUT2D eigenvalue weighted by molar-refractivity contribution is 6.39. The van der Waals surface area contributed by atoms with Crippen LogP contribution in [0.2, 0.25) is 0 Å². The van der Waals surface area contributed by atoms with Crippen molar-refractivity contribution in [2.24, 2.45) is 0 Å². The molecule has 0 radical (unpaired) electrons. The van der Waals surface area contributed by atoms with Gasteiger partial charge in [-0.2, -0.15) is 0 Å². The zero-order chi connectivity index (χ0) is 18.6. The molecular formula is C21H20N4O2. The molecule has 0 aliphatic carbocycles. The van der Waals surface area contributed by atoms with E-state index in [1.165, 1.54) is 0 Å². The molecule has 6 nitrogen and oxygen atoms in total. The number of nitrogens with one attached hydrogen (secondary N) is 1. The van der Waals surface area contributed by atoms with Crippen molar-refractivity contribution in [2.45, 2.75) is 0 Å². The molecule has 1 aromatic heterocycles. The largest absolute Gasteiger partial charge is 0.353 e. The molecule has 2 aromatic carbocycles. The summed E-state index contributed by atoms with van der Waals surface area (Å²) < 4.78 is 0. The number of aromatic nitrogens is 1. The van der Waals surface area contributed by atoms with Crippen LogP contribution in [0, 0.1) is 0 Å². The Hall–Kier alpha value is -3.41. The summed E-state index contributed by atoms with van der Waals surface area (Å²) in [5, 5.41) is 4.83. The van der Waals surface area contributed by atoms with Gasteiger partial charge in [-0.25, -0.2) is 4.98 Å². The van der Waals surface area contributed by atoms with Crippen LogP contribution in [0.3, 0.4) is 0 Å². The molecule has 0 atom stereocenters. The lowest BCUT2D eigenvalue weighted by molar-refractivity contribution is -0.143. The fourth-order valence-electron chi connectivity index (χ4n) is 3.27. The van der Waals surface area contributed by atoms with Crippen molar-refractivity contribution in [1.29, 1.82) is 0 Å². The maximum Gasteiger partial charge on any atom is 0.313 e. The van der Waals surface area contributed by atoms with Crippen LogP contribution in [0.4, 0.5) is 11.5 Å². The minimum Gasteiger partial charge on any atom is -0.353 e. The van der Waals surface area contributed by atoms with Crippen molar-refractivity contribution in [3.63, 3.8) is 0 Å². The second kappa shape index (κ2) is 7.45. The molecule has 1 saturated heterocycles. The maximum atomic E-state index is 12.5. The summed E-state index contributed by atoms with van der Waals surface area (Å²) in [6.07, 6.45) is 1.75. The summed E-state index contributed by atoms with van der Waals surface area (Å²) in [6.45, 7) is 2.32. The predicted molar refractivity (Wildman–Crippen MR) is 106 cm³/mol. The van der Waals surface area contributed by atoms with Gasteiger partial charge in [-0.3, -0.25) is 9.59 Å². The van der Waals surface area contributed by atoms with Crippen LogP contribution >= 0.6 is 0 Å². The number of anilines is 2. The zero-order valence-corrected chi connectivity index (χ0v) is 14.8. The zero-order valence-electron chi connectivity index (χ0n) is 14.8. The third-order valence-electron chi connectivity index (χ3n) is 4.74. The van der Waals surface area contributed by atoms with E-state index in [2.05, 4.69) is 15.2 Å². The monoisotopic (exact) mass is 360 g/mol. The average Bonchev–Trinajstić information content (AvgIpc) is 2.74. The van der Waals surface area contributed by atoms with Gasteiger partial charge in [-0.05, 0) is 35.0 Å². The molecule has 0 spiro atoms. The molecule has 1 aliphatic rings. The molecule has 1 N–H and O–H groups in total. The molecule has 0 unspecified atom stereocenters. The van der Waals surface area contributed by atoms with Crippen LogP contribution in [0.1, 0.15) is 0 Å². The SMILES string of the molecule is O=C(Nc1ccc2ccccc2c1)C(=O)N1CCN(c2ccccn2)CC1. The fourth-order valence-corrected chi connectivity index (χ4v) is 3.27. The summed E-state index contributed by atoms with van der Waals surface area (Å²) in [5.41, 5.74) is 0.624. The molecule has 136 valence electrons. The Morgan fingerprint density at radius 1 is 0.852 bits per heavy atom. The van der Waals surface area contributed by atoms with E-state index in [9.17, 15) is 9.59 Å². The van der Waals surface area contributed by atoms with E-state index in [0.717, 1.165) is 16.6 Å². The van der Waals surface area contributed by atoms with Gasteiger partial charge in [0.1, 0.15) is 5.82 Å². The molecule has 2 heterocycles. The smallest absolute Gasteiger partial charge is 0.313 e. The molecule has 6 heteroatoms. The summed E-state index contributed by atoms with van der Waals surface area (Å²) in [4.78, 5) is 32.9. The minimum absolute atomic E-state index is 0.496. The number of carbonyl (C=O) groups excluding carboxylic acids is 2. The summed E-state index contributed by atoms with van der Waals surface area (Å²) >= 11 is 0. The van der Waals surface area contributed by atoms with Gasteiger partial charge >= 0.3 is 11.8 Å². The summed E-state index contributed by atoms with van der Waals surface area (Å²) in [7, 11) is 0. The van der Waals surface area contributed by atoms with Crippen molar-refractivity contribution in [1.82, 2.24) is 9.88 Å². The Bertz CT molecular complexity index is 966. The van der Waals surface area contributed by atoms with Crippen LogP contribution in [0.15, 0.2) is 66.9 Å². The number of rotatable bonds is 2. The number of nitrogens with zero attached hydrogens (tertiary/aromatic N) is 3. The Balaban J connectivity index is 1.37. The highest BCUT2D eigenvalue weighted by Gasteiger charge is 2.26. The van der Waals surface area contributed by atoms with Gasteiger partial charge in [0.05, 0.1) is 0 Å². The van der Waals surface area contributed by atoms with Crippen molar-refractivity contribution >= 4 is 34.1 Å². The highest BCUT2D eigenvalue weighted by Crippen LogP contribution is 2.19. The van der Waals surface area contributed by atoms with Gasteiger partial charge in [-0.1, -0.05) is 36.4 Å². The number of pyridine rings is 1. The van der Waals surface area contributed by atoms with E-state index in [0.29, 0.717) is 31.9 Å². The van der Waals surface area contributed by atoms with Crippen LogP contribution in [-0.4, -0.2) is 47.9 Å². The first kappa shape index (κ1) is 17.0. The van der Waals surface area contributed by atoms with E-state index in [1.54, 1.807) is 11.1 Å². The maximum absolute atomic E-state index is 12.5. The fraction of sp³-hybridized carbons (Fsp3) is 0.190. The first-order valence-corrected chi connectivity index (χ1v) is 8.96. The van der Waals surface area contributed by atoms with Gasteiger partial charge in [-0.15, -0.1) is 0 Å². The van der Waals surface area contributed by atoms with Crippen molar-refractivity contribution in [2.75, 3.05) is 36.4 Å². The van der Waals surface area contributed by atoms with Crippen LogP contribution in [0.25, 0.3) is 10.8 Å². The number of piperazine rings is 1. The topological polar surface area (TPSA) is 65.5 Å². The third-order valence-corrected chi connectivity index (χ3v) is 4.74. The molecule has 0 bridgehead atoms. The molecule has 0 saturated carbocycles. The van der Waals surface area contributed by atoms with Crippen LogP contribution < -0.4 is 10.2 Å². The molecule has 2 amide bonds. The molecule has 3 aromatic rings. The van der Waals surface area contributed by atoms with Gasteiger partial charge < -0.3 is 15.1 Å². The number of amides is 2. The summed E-state index contributed by atoms with van der Waals surface area (Å²) in [5.74, 6) is -0.203. The van der Waals surface area contributed by atoms with Gasteiger partial charge in [0.2, 0.25) is 0 Å². The second-order valence-electron chi connectivity index (χ2n) is 6.48. The minimum atomic E-state index is -0.600. The van der Waals surface area contributed by atoms with Gasteiger partial charge in [0.25, 0.3) is 0 Å². The summed E-state index contributed by atoms with van der Waals surface area (Å²) in [6, 6.07) is 19.3. The first-order chi connectivity index (χ1) is 13.2. The Kier molecular flexibility index (Phi) is 4.70. The quantitative estimate of drug-likeness (QED) is 0.713. The molecule has 4 rings (SSSR count). The molecule has 27 heavy (non-hydrogen) atoms. The number of fused-ring (bicyclic) bond motifs is 1. The van der Waals surface area contributed by atoms with E-state index < -0.39 is 11.8 Å². The number of hydrogen-bond acceptors (Lipinski definition) is 4. The van der Waals surface area contributed by atoms with Gasteiger partial charge in [0.15, 0.2) is 0 Å². The number of carbonyl (C=O) groups is 2. The molecule has 1 fully saturated rings. The first-order valence-electron chi connectivity index (χ1n) is 8.96. The van der Waals surface area contributed by atoms with E-state index in [-0.39, 0.29) is 0 Å². The van der Waals surface area contributed by atoms with Crippen molar-refractivity contribution in [3.8, 4) is 0 Å². The normalized spacial score (nSPS) is 14.2. The van der Waals surface area contributed by atoms with Crippen molar-refractivity contribution < 1.29 is 9.59 Å². The third kappa shape index (κ3) is 3.74. The van der Waals surface area contributed by atoms with Crippen molar-refractivity contribution in [3.05, 3.63) is 66.9 Å². The van der Waals surface area contributed by atoms with Crippen LogP contribution in [0.5, 0.6) is 0 Å². The van der Waals surface area contributed by atoms with Gasteiger partial charge in [0, 0.05) is 38.1 Å². The lowest BCUT2D eigenvalue weighted by Gasteiger charge is -2.34. The Morgan fingerprint density at radius 2 is 1.59 bits per heavy atom. The van der Waals surface area contributed by atoms with Crippen LogP contribution in [-0.2, 0) is 9.59 Å². The molecular weight excluding hydrogens is 340 g/mol. The average molecular weight is 360 g/mol. The Morgan fingerprint density at radius 3 is 2.33 bits per heavy atom. The standard InChI is InChI=1S/C21H20N4O2/c26-20(23-18-9-8-16-5-1-2-6-17(16)15-18)21(27)25-13-11-24(12-14-25)19-7-3-4-10-22-19/h1-10,15H,11-14H2,(H,23,26). The highest BCUT2D eigenvalue weighted by atomic mass is 16.2. The lowest BCUT2D eigenvalue weighted by atomic mass is 10.1. The van der Waals surface area contributed by atoms with E-state index in [1.807, 2.05) is 60.7 Å². The number of hydrogen-bond donors (Lipinski definition) is 1. The molecule has 1 aliphatic heterocycles. The predicted octanol–water partition coefficient (Wildman–Crippen LogP) is 2.52. The lowest BCUT2D eigenvalue weighted by Crippen LogP contribution is -2.51.